The van der Waals surface area contributed by atoms with Crippen LogP contribution in [0.4, 0.5) is 0 Å². The van der Waals surface area contributed by atoms with E-state index in [0.29, 0.717) is 6.42 Å². The molecular formula is C39H72NO8P. The number of phosphoric acid groups is 1. The minimum absolute atomic E-state index is 0.0811. The van der Waals surface area contributed by atoms with Gasteiger partial charge in [-0.15, -0.1) is 0 Å². The Hall–Kier alpha value is -1.77. The van der Waals surface area contributed by atoms with E-state index in [-0.39, 0.29) is 32.1 Å². The van der Waals surface area contributed by atoms with Gasteiger partial charge < -0.3 is 20.1 Å². The number of ether oxygens (including phenoxy) is 1. The first-order chi connectivity index (χ1) is 23.8. The molecule has 0 aromatic rings. The van der Waals surface area contributed by atoms with Crippen LogP contribution in [0.25, 0.3) is 0 Å². The fourth-order valence-electron chi connectivity index (χ4n) is 5.09. The van der Waals surface area contributed by atoms with Crippen LogP contribution in [0.2, 0.25) is 0 Å². The molecule has 10 heteroatoms. The number of carbonyl (C=O) groups is 2. The van der Waals surface area contributed by atoms with Gasteiger partial charge in [-0.1, -0.05) is 140 Å². The first kappa shape index (κ1) is 47.2. The molecule has 0 rings (SSSR count). The van der Waals surface area contributed by atoms with E-state index in [1.54, 1.807) is 0 Å². The van der Waals surface area contributed by atoms with Crippen molar-refractivity contribution >= 4 is 19.7 Å². The van der Waals surface area contributed by atoms with Crippen molar-refractivity contribution < 1.29 is 37.9 Å². The maximum atomic E-state index is 12.0. The Morgan fingerprint density at radius 1 is 0.633 bits per heavy atom. The predicted octanol–water partition coefficient (Wildman–Crippen LogP) is 10.2. The van der Waals surface area contributed by atoms with Gasteiger partial charge in [0, 0.05) is 19.4 Å². The summed E-state index contributed by atoms with van der Waals surface area (Å²) < 4.78 is 26.7. The molecule has 3 N–H and O–H groups in total. The first-order valence-electron chi connectivity index (χ1n) is 19.5. The van der Waals surface area contributed by atoms with Gasteiger partial charge in [0.2, 0.25) is 5.91 Å². The molecule has 2 atom stereocenters. The molecule has 0 spiro atoms. The van der Waals surface area contributed by atoms with Crippen molar-refractivity contribution in [3.63, 3.8) is 0 Å². The summed E-state index contributed by atoms with van der Waals surface area (Å²) in [6.07, 6.45) is 38.0. The first-order valence-corrected chi connectivity index (χ1v) is 21.0. The Morgan fingerprint density at radius 3 is 1.69 bits per heavy atom. The third-order valence-electron chi connectivity index (χ3n) is 8.07. The van der Waals surface area contributed by atoms with E-state index in [9.17, 15) is 24.2 Å². The second-order valence-corrected chi connectivity index (χ2v) is 14.4. The van der Waals surface area contributed by atoms with Crippen molar-refractivity contribution in [2.75, 3.05) is 26.4 Å². The molecule has 0 fully saturated rings. The van der Waals surface area contributed by atoms with Crippen molar-refractivity contribution in [3.8, 4) is 0 Å². The maximum absolute atomic E-state index is 12.0. The fraction of sp³-hybridized carbons (Fsp3) is 0.795. The van der Waals surface area contributed by atoms with E-state index in [0.717, 1.165) is 64.2 Å². The summed E-state index contributed by atoms with van der Waals surface area (Å²) in [5.74, 6) is -0.531. The molecule has 1 amide bonds. The second-order valence-electron chi connectivity index (χ2n) is 12.9. The maximum Gasteiger partial charge on any atom is 0.472 e. The summed E-state index contributed by atoms with van der Waals surface area (Å²) in [6.45, 7) is 3.46. The van der Waals surface area contributed by atoms with Crippen LogP contribution in [-0.2, 0) is 27.9 Å². The molecule has 0 heterocycles. The Balaban J connectivity index is 3.61. The number of phosphoric ester groups is 1. The number of nitrogens with one attached hydrogen (secondary N) is 1. The van der Waals surface area contributed by atoms with E-state index in [2.05, 4.69) is 55.6 Å². The van der Waals surface area contributed by atoms with Crippen LogP contribution in [-0.4, -0.2) is 54.3 Å². The van der Waals surface area contributed by atoms with Gasteiger partial charge in [-0.2, -0.15) is 0 Å². The standard InChI is InChI=1S/C39H72NO8P/c1-3-5-7-9-11-12-13-14-15-16-17-18-19-20-21-22-23-24-26-28-30-32-39(43)46-35-37(41)36-48-49(44,45)47-34-33-40-38(42)31-29-27-25-10-8-6-4-2/h11-12,14-15,17-18,37,41H,3-10,13,16,19-36H2,1-2H3,(H,40,42)(H,44,45)/b12-11-,15-14-,18-17-. The number of aliphatic hydroxyl groups is 1. The van der Waals surface area contributed by atoms with Gasteiger partial charge in [-0.3, -0.25) is 18.6 Å². The van der Waals surface area contributed by atoms with Crippen molar-refractivity contribution in [1.82, 2.24) is 5.32 Å². The third-order valence-corrected chi connectivity index (χ3v) is 9.06. The Morgan fingerprint density at radius 2 is 1.10 bits per heavy atom. The van der Waals surface area contributed by atoms with Crippen LogP contribution >= 0.6 is 7.82 Å². The highest BCUT2D eigenvalue weighted by Crippen LogP contribution is 2.42. The van der Waals surface area contributed by atoms with Crippen LogP contribution in [0.1, 0.15) is 168 Å². The highest BCUT2D eigenvalue weighted by Gasteiger charge is 2.23. The molecule has 0 aromatic carbocycles. The van der Waals surface area contributed by atoms with Crippen LogP contribution in [0.15, 0.2) is 36.5 Å². The van der Waals surface area contributed by atoms with Crippen molar-refractivity contribution in [3.05, 3.63) is 36.5 Å². The van der Waals surface area contributed by atoms with Crippen LogP contribution in [0, 0.1) is 0 Å². The molecule has 0 aliphatic heterocycles. The Bertz CT molecular complexity index is 907. The minimum atomic E-state index is -4.40. The molecule has 9 nitrogen and oxygen atoms in total. The summed E-state index contributed by atoms with van der Waals surface area (Å²) in [5.41, 5.74) is 0. The third kappa shape index (κ3) is 37.3. The largest absolute Gasteiger partial charge is 0.472 e. The zero-order chi connectivity index (χ0) is 36.1. The quantitative estimate of drug-likeness (QED) is 0.0253. The molecule has 0 saturated heterocycles. The van der Waals surface area contributed by atoms with E-state index in [4.69, 9.17) is 13.8 Å². The number of allylic oxidation sites excluding steroid dienone is 6. The van der Waals surface area contributed by atoms with Gasteiger partial charge in [-0.05, 0) is 51.4 Å². The van der Waals surface area contributed by atoms with Gasteiger partial charge in [0.05, 0.1) is 13.2 Å². The molecule has 0 radical (unpaired) electrons. The molecule has 0 aromatic heterocycles. The molecule has 0 bridgehead atoms. The van der Waals surface area contributed by atoms with Crippen molar-refractivity contribution in [2.45, 2.75) is 174 Å². The summed E-state index contributed by atoms with van der Waals surface area (Å²) in [6, 6.07) is 0. The average Bonchev–Trinajstić information content (AvgIpc) is 3.08. The van der Waals surface area contributed by atoms with Gasteiger partial charge in [0.25, 0.3) is 0 Å². The normalized spacial score (nSPS) is 13.8. The lowest BCUT2D eigenvalue weighted by Crippen LogP contribution is -2.27. The van der Waals surface area contributed by atoms with Gasteiger partial charge in [0.1, 0.15) is 12.7 Å². The average molecular weight is 714 g/mol. The summed E-state index contributed by atoms with van der Waals surface area (Å²) >= 11 is 0. The smallest absolute Gasteiger partial charge is 0.463 e. The lowest BCUT2D eigenvalue weighted by atomic mass is 10.1. The fourth-order valence-corrected chi connectivity index (χ4v) is 5.85. The molecule has 49 heavy (non-hydrogen) atoms. The number of unbranched alkanes of at least 4 members (excludes halogenated alkanes) is 17. The van der Waals surface area contributed by atoms with Gasteiger partial charge in [-0.25, -0.2) is 4.57 Å². The molecular weight excluding hydrogens is 641 g/mol. The molecule has 286 valence electrons. The molecule has 0 aliphatic rings. The summed E-state index contributed by atoms with van der Waals surface area (Å²) in [7, 11) is -4.40. The predicted molar refractivity (Wildman–Crippen MR) is 201 cm³/mol. The highest BCUT2D eigenvalue weighted by atomic mass is 31.2. The SMILES string of the molecule is CCCCC/C=C\C/C=C\C/C=C\CCCCCCCCCCC(=O)OCC(O)COP(=O)(O)OCCNC(=O)CCCCCCCCC. The number of carbonyl (C=O) groups excluding carboxylic acids is 2. The van der Waals surface area contributed by atoms with Crippen LogP contribution < -0.4 is 5.32 Å². The summed E-state index contributed by atoms with van der Waals surface area (Å²) in [4.78, 5) is 33.6. The molecule has 2 unspecified atom stereocenters. The van der Waals surface area contributed by atoms with Crippen LogP contribution in [0.3, 0.4) is 0 Å². The lowest BCUT2D eigenvalue weighted by molar-refractivity contribution is -0.147. The van der Waals surface area contributed by atoms with E-state index >= 15 is 0 Å². The number of hydrogen-bond acceptors (Lipinski definition) is 7. The van der Waals surface area contributed by atoms with E-state index in [1.807, 2.05) is 0 Å². The van der Waals surface area contributed by atoms with E-state index in [1.165, 1.54) is 77.0 Å². The number of aliphatic hydroxyl groups excluding tert-OH is 1. The summed E-state index contributed by atoms with van der Waals surface area (Å²) in [5, 5.41) is 12.6. The topological polar surface area (TPSA) is 131 Å². The number of amides is 1. The Kier molecular flexibility index (Phi) is 34.7. The zero-order valence-corrected chi connectivity index (χ0v) is 32.0. The number of rotatable bonds is 36. The number of hydrogen-bond donors (Lipinski definition) is 3. The zero-order valence-electron chi connectivity index (χ0n) is 31.1. The highest BCUT2D eigenvalue weighted by molar-refractivity contribution is 7.47. The monoisotopic (exact) mass is 713 g/mol. The van der Waals surface area contributed by atoms with Gasteiger partial charge >= 0.3 is 13.8 Å². The van der Waals surface area contributed by atoms with Crippen molar-refractivity contribution in [1.29, 1.82) is 0 Å². The second kappa shape index (κ2) is 36.0. The molecule has 0 aliphatic carbocycles. The number of esters is 1. The van der Waals surface area contributed by atoms with Crippen LogP contribution in [0.5, 0.6) is 0 Å². The molecule has 0 saturated carbocycles. The van der Waals surface area contributed by atoms with Crippen molar-refractivity contribution in [2.24, 2.45) is 0 Å². The minimum Gasteiger partial charge on any atom is -0.463 e. The van der Waals surface area contributed by atoms with E-state index < -0.39 is 26.5 Å². The van der Waals surface area contributed by atoms with Gasteiger partial charge in [0.15, 0.2) is 0 Å². The lowest BCUT2D eigenvalue weighted by Gasteiger charge is -2.15. The Labute approximate surface area is 299 Å².